The van der Waals surface area contributed by atoms with E-state index in [0.29, 0.717) is 16.5 Å². The second kappa shape index (κ2) is 6.90. The van der Waals surface area contributed by atoms with Gasteiger partial charge in [0.2, 0.25) is 0 Å². The Kier molecular flexibility index (Phi) is 4.57. The van der Waals surface area contributed by atoms with Crippen LogP contribution in [0.3, 0.4) is 0 Å². The molecule has 1 amide bonds. The smallest absolute Gasteiger partial charge is 0.266 e. The molecule has 0 unspecified atom stereocenters. The van der Waals surface area contributed by atoms with Crippen LogP contribution in [0.1, 0.15) is 26.5 Å². The van der Waals surface area contributed by atoms with E-state index in [1.807, 2.05) is 45.0 Å². The third kappa shape index (κ3) is 3.28. The van der Waals surface area contributed by atoms with Crippen LogP contribution in [-0.4, -0.2) is 15.9 Å². The van der Waals surface area contributed by atoms with Gasteiger partial charge in [0.25, 0.3) is 5.91 Å². The van der Waals surface area contributed by atoms with E-state index in [9.17, 15) is 4.79 Å². The van der Waals surface area contributed by atoms with Crippen LogP contribution >= 0.6 is 27.3 Å². The molecule has 27 heavy (non-hydrogen) atoms. The molecule has 4 rings (SSSR count). The Morgan fingerprint density at radius 1 is 1.19 bits per heavy atom. The van der Waals surface area contributed by atoms with Crippen molar-refractivity contribution in [3.05, 3.63) is 62.8 Å². The molecule has 0 saturated heterocycles. The first-order chi connectivity index (χ1) is 12.9. The van der Waals surface area contributed by atoms with Crippen LogP contribution in [-0.2, 0) is 0 Å². The normalized spacial score (nSPS) is 11.1. The third-order valence-corrected chi connectivity index (χ3v) is 6.13. The van der Waals surface area contributed by atoms with E-state index in [2.05, 4.69) is 31.2 Å². The number of nitrogens with zero attached hydrogens (tertiary/aromatic N) is 2. The number of furan rings is 1. The number of benzene rings is 1. The van der Waals surface area contributed by atoms with Gasteiger partial charge in [0.15, 0.2) is 11.6 Å². The molecule has 0 aliphatic heterocycles. The number of aromatic nitrogens is 2. The molecular formula is C20H16BrN3O2S. The molecule has 3 heterocycles. The lowest BCUT2D eigenvalue weighted by Gasteiger charge is -2.07. The molecule has 1 N–H and O–H groups in total. The maximum absolute atomic E-state index is 12.9. The minimum Gasteiger partial charge on any atom is -0.461 e. The monoisotopic (exact) mass is 441 g/mol. The lowest BCUT2D eigenvalue weighted by atomic mass is 10.1. The third-order valence-electron chi connectivity index (χ3n) is 4.29. The highest BCUT2D eigenvalue weighted by Gasteiger charge is 2.20. The highest BCUT2D eigenvalue weighted by Crippen LogP contribution is 2.34. The van der Waals surface area contributed by atoms with Crippen LogP contribution in [0.4, 0.5) is 5.69 Å². The zero-order valence-corrected chi connectivity index (χ0v) is 17.4. The predicted octanol–water partition coefficient (Wildman–Crippen LogP) is 5.89. The number of nitrogens with one attached hydrogen (secondary N) is 1. The molecule has 1 aromatic carbocycles. The summed E-state index contributed by atoms with van der Waals surface area (Å²) in [6.45, 7) is 5.86. The number of amides is 1. The minimum atomic E-state index is -0.154. The van der Waals surface area contributed by atoms with Gasteiger partial charge in [0, 0.05) is 9.86 Å². The molecule has 0 aliphatic carbocycles. The Morgan fingerprint density at radius 2 is 2.00 bits per heavy atom. The number of halogens is 1. The van der Waals surface area contributed by atoms with Crippen molar-refractivity contribution in [2.24, 2.45) is 0 Å². The largest absolute Gasteiger partial charge is 0.461 e. The van der Waals surface area contributed by atoms with Crippen molar-refractivity contribution >= 4 is 49.1 Å². The fourth-order valence-corrected chi connectivity index (χ4v) is 4.69. The van der Waals surface area contributed by atoms with Crippen molar-refractivity contribution in [2.45, 2.75) is 20.8 Å². The first kappa shape index (κ1) is 17.9. The van der Waals surface area contributed by atoms with E-state index < -0.39 is 0 Å². The van der Waals surface area contributed by atoms with Gasteiger partial charge in [0.1, 0.15) is 4.83 Å². The quantitative estimate of drug-likeness (QED) is 0.430. The Labute approximate surface area is 168 Å². The summed E-state index contributed by atoms with van der Waals surface area (Å²) in [5.74, 6) is 0.985. The van der Waals surface area contributed by atoms with Gasteiger partial charge in [-0.2, -0.15) is 0 Å². The number of aryl methyl sites for hydroxylation is 3. The summed E-state index contributed by atoms with van der Waals surface area (Å²) in [5.41, 5.74) is 3.57. The Balaban J connectivity index is 1.74. The van der Waals surface area contributed by atoms with E-state index >= 15 is 0 Å². The van der Waals surface area contributed by atoms with Gasteiger partial charge in [-0.25, -0.2) is 9.97 Å². The molecule has 0 spiro atoms. The van der Waals surface area contributed by atoms with Gasteiger partial charge in [0.05, 0.1) is 22.5 Å². The molecule has 3 aromatic heterocycles. The maximum Gasteiger partial charge on any atom is 0.266 e. The van der Waals surface area contributed by atoms with Crippen LogP contribution in [0.15, 0.2) is 45.5 Å². The first-order valence-electron chi connectivity index (χ1n) is 8.33. The zero-order chi connectivity index (χ0) is 19.1. The van der Waals surface area contributed by atoms with Gasteiger partial charge in [-0.1, -0.05) is 6.07 Å². The lowest BCUT2D eigenvalue weighted by Crippen LogP contribution is -2.11. The summed E-state index contributed by atoms with van der Waals surface area (Å²) in [6.07, 6.45) is 1.59. The molecule has 7 heteroatoms. The molecule has 0 bridgehead atoms. The highest BCUT2D eigenvalue weighted by atomic mass is 79.9. The first-order valence-corrected chi connectivity index (χ1v) is 9.94. The van der Waals surface area contributed by atoms with Crippen molar-refractivity contribution < 1.29 is 9.21 Å². The minimum absolute atomic E-state index is 0.154. The van der Waals surface area contributed by atoms with Gasteiger partial charge < -0.3 is 9.73 Å². The molecule has 0 aliphatic rings. The van der Waals surface area contributed by atoms with Gasteiger partial charge >= 0.3 is 0 Å². The van der Waals surface area contributed by atoms with Gasteiger partial charge in [-0.3, -0.25) is 4.79 Å². The SMILES string of the molecule is Cc1ccc(NC(=O)c2sc3nc(-c4ccco4)nc(C)c3c2C)c(Br)c1. The van der Waals surface area contributed by atoms with Crippen LogP contribution in [0.25, 0.3) is 21.8 Å². The van der Waals surface area contributed by atoms with Crippen LogP contribution < -0.4 is 5.32 Å². The maximum atomic E-state index is 12.9. The molecule has 0 radical (unpaired) electrons. The van der Waals surface area contributed by atoms with Crippen LogP contribution in [0.2, 0.25) is 0 Å². The number of carbonyl (C=O) groups is 1. The van der Waals surface area contributed by atoms with Crippen LogP contribution in [0, 0.1) is 20.8 Å². The Morgan fingerprint density at radius 3 is 2.70 bits per heavy atom. The fourth-order valence-electron chi connectivity index (χ4n) is 2.97. The molecule has 0 fully saturated rings. The summed E-state index contributed by atoms with van der Waals surface area (Å²) in [5, 5.41) is 3.89. The number of anilines is 1. The molecule has 0 saturated carbocycles. The lowest BCUT2D eigenvalue weighted by molar-refractivity contribution is 0.103. The second-order valence-corrected chi connectivity index (χ2v) is 8.14. The summed E-state index contributed by atoms with van der Waals surface area (Å²) in [6, 6.07) is 9.45. The van der Waals surface area contributed by atoms with Crippen molar-refractivity contribution in [3.8, 4) is 11.6 Å². The molecule has 0 atom stereocenters. The number of rotatable bonds is 3. The predicted molar refractivity (Wildman–Crippen MR) is 111 cm³/mol. The number of hydrogen-bond donors (Lipinski definition) is 1. The number of fused-ring (bicyclic) bond motifs is 1. The van der Waals surface area contributed by atoms with Crippen molar-refractivity contribution in [1.29, 1.82) is 0 Å². The van der Waals surface area contributed by atoms with Gasteiger partial charge in [-0.15, -0.1) is 11.3 Å². The van der Waals surface area contributed by atoms with E-state index in [1.165, 1.54) is 11.3 Å². The highest BCUT2D eigenvalue weighted by molar-refractivity contribution is 9.10. The Bertz CT molecular complexity index is 1170. The molecular weight excluding hydrogens is 426 g/mol. The average Bonchev–Trinajstić information content (AvgIpc) is 3.26. The summed E-state index contributed by atoms with van der Waals surface area (Å²) in [7, 11) is 0. The van der Waals surface area contributed by atoms with E-state index in [4.69, 9.17) is 4.42 Å². The fraction of sp³-hybridized carbons (Fsp3) is 0.150. The summed E-state index contributed by atoms with van der Waals surface area (Å²) < 4.78 is 6.26. The van der Waals surface area contributed by atoms with Gasteiger partial charge in [-0.05, 0) is 72.1 Å². The molecule has 4 aromatic rings. The number of carbonyl (C=O) groups excluding carboxylic acids is 1. The van der Waals surface area contributed by atoms with Crippen LogP contribution in [0.5, 0.6) is 0 Å². The number of thiophene rings is 1. The Hall–Kier alpha value is -2.51. The van der Waals surface area contributed by atoms with E-state index in [-0.39, 0.29) is 5.91 Å². The van der Waals surface area contributed by atoms with Crippen molar-refractivity contribution in [2.75, 3.05) is 5.32 Å². The second-order valence-electron chi connectivity index (χ2n) is 6.28. The molecule has 5 nitrogen and oxygen atoms in total. The summed E-state index contributed by atoms with van der Waals surface area (Å²) in [4.78, 5) is 23.4. The zero-order valence-electron chi connectivity index (χ0n) is 15.0. The van der Waals surface area contributed by atoms with E-state index in [0.717, 1.165) is 37.2 Å². The van der Waals surface area contributed by atoms with Crippen molar-refractivity contribution in [3.63, 3.8) is 0 Å². The average molecular weight is 442 g/mol. The van der Waals surface area contributed by atoms with E-state index in [1.54, 1.807) is 12.3 Å². The summed E-state index contributed by atoms with van der Waals surface area (Å²) >= 11 is 4.87. The molecule has 136 valence electrons. The topological polar surface area (TPSA) is 68.0 Å². The standard InChI is InChI=1S/C20H16BrN3O2S/c1-10-6-7-14(13(21)9-10)23-19(25)17-11(2)16-12(3)22-18(24-20(16)27-17)15-5-4-8-26-15/h4-9H,1-3H3,(H,23,25). The van der Waals surface area contributed by atoms with Crippen molar-refractivity contribution in [1.82, 2.24) is 9.97 Å². The number of hydrogen-bond acceptors (Lipinski definition) is 5.